The van der Waals surface area contributed by atoms with E-state index in [2.05, 4.69) is 38.0 Å². The van der Waals surface area contributed by atoms with E-state index in [1.165, 1.54) is 25.7 Å². The molecule has 1 atom stereocenters. The molecule has 2 heteroatoms. The Morgan fingerprint density at radius 2 is 1.93 bits per heavy atom. The zero-order chi connectivity index (χ0) is 11.3. The molecule has 15 heavy (non-hydrogen) atoms. The largest absolute Gasteiger partial charge is 0.315 e. The highest BCUT2D eigenvalue weighted by Crippen LogP contribution is 2.25. The van der Waals surface area contributed by atoms with Crippen molar-refractivity contribution in [3.63, 3.8) is 0 Å². The first kappa shape index (κ1) is 13.0. The monoisotopic (exact) mass is 212 g/mol. The van der Waals surface area contributed by atoms with E-state index in [1.54, 1.807) is 0 Å². The molecule has 0 aromatic heterocycles. The Morgan fingerprint density at radius 3 is 2.33 bits per heavy atom. The first-order valence-electron chi connectivity index (χ1n) is 6.57. The van der Waals surface area contributed by atoms with Crippen molar-refractivity contribution >= 4 is 0 Å². The minimum absolute atomic E-state index is 0.731. The predicted octanol–water partition coefficient (Wildman–Crippen LogP) is 2.49. The van der Waals surface area contributed by atoms with Gasteiger partial charge in [-0.05, 0) is 38.8 Å². The third-order valence-electron chi connectivity index (χ3n) is 3.63. The fraction of sp³-hybridized carbons (Fsp3) is 1.00. The molecule has 0 aromatic rings. The van der Waals surface area contributed by atoms with Crippen molar-refractivity contribution in [1.82, 2.24) is 10.2 Å². The third-order valence-corrected chi connectivity index (χ3v) is 3.63. The molecular weight excluding hydrogens is 184 g/mol. The quantitative estimate of drug-likeness (QED) is 0.697. The van der Waals surface area contributed by atoms with Gasteiger partial charge < -0.3 is 5.32 Å². The van der Waals surface area contributed by atoms with Gasteiger partial charge in [0.15, 0.2) is 0 Å². The van der Waals surface area contributed by atoms with E-state index in [9.17, 15) is 0 Å². The summed E-state index contributed by atoms with van der Waals surface area (Å²) in [6, 6.07) is 1.60. The van der Waals surface area contributed by atoms with Crippen LogP contribution in [0, 0.1) is 5.92 Å². The highest BCUT2D eigenvalue weighted by atomic mass is 15.2. The second-order valence-electron chi connectivity index (χ2n) is 5.36. The number of nitrogens with zero attached hydrogens (tertiary/aromatic N) is 1. The van der Waals surface area contributed by atoms with Gasteiger partial charge in [-0.15, -0.1) is 0 Å². The van der Waals surface area contributed by atoms with Crippen molar-refractivity contribution in [2.24, 2.45) is 5.92 Å². The summed E-state index contributed by atoms with van der Waals surface area (Å²) in [7, 11) is 2.30. The predicted molar refractivity (Wildman–Crippen MR) is 67.2 cm³/mol. The molecule has 0 spiro atoms. The van der Waals surface area contributed by atoms with Crippen LogP contribution in [0.1, 0.15) is 46.5 Å². The summed E-state index contributed by atoms with van der Waals surface area (Å²) in [6.45, 7) is 9.14. The molecular formula is C13H28N2. The normalized spacial score (nSPS) is 19.6. The van der Waals surface area contributed by atoms with Crippen LogP contribution in [0.25, 0.3) is 0 Å². The van der Waals surface area contributed by atoms with Gasteiger partial charge >= 0.3 is 0 Å². The van der Waals surface area contributed by atoms with E-state index in [-0.39, 0.29) is 0 Å². The van der Waals surface area contributed by atoms with Crippen LogP contribution < -0.4 is 5.32 Å². The van der Waals surface area contributed by atoms with Gasteiger partial charge in [0.05, 0.1) is 0 Å². The highest BCUT2D eigenvalue weighted by molar-refractivity contribution is 4.83. The molecule has 1 unspecified atom stereocenters. The van der Waals surface area contributed by atoms with Gasteiger partial charge in [0.25, 0.3) is 0 Å². The highest BCUT2D eigenvalue weighted by Gasteiger charge is 2.26. The summed E-state index contributed by atoms with van der Waals surface area (Å²) in [5.41, 5.74) is 0. The number of hydrogen-bond acceptors (Lipinski definition) is 2. The van der Waals surface area contributed by atoms with Gasteiger partial charge in [0.1, 0.15) is 0 Å². The van der Waals surface area contributed by atoms with Crippen LogP contribution in [0.15, 0.2) is 0 Å². The van der Waals surface area contributed by atoms with Crippen LogP contribution in [-0.4, -0.2) is 37.1 Å². The molecule has 0 radical (unpaired) electrons. The molecule has 0 saturated heterocycles. The third kappa shape index (κ3) is 4.12. The Morgan fingerprint density at radius 1 is 1.27 bits per heavy atom. The first-order valence-corrected chi connectivity index (χ1v) is 6.57. The minimum Gasteiger partial charge on any atom is -0.315 e. The van der Waals surface area contributed by atoms with Gasteiger partial charge in [0.2, 0.25) is 0 Å². The van der Waals surface area contributed by atoms with Gasteiger partial charge in [0, 0.05) is 18.6 Å². The molecule has 90 valence electrons. The van der Waals surface area contributed by atoms with Gasteiger partial charge in [-0.25, -0.2) is 0 Å². The average molecular weight is 212 g/mol. The molecule has 1 rings (SSSR count). The van der Waals surface area contributed by atoms with E-state index in [0.29, 0.717) is 0 Å². The standard InChI is InChI=1S/C13H28N2/c1-5-12(10-14-9-11(2)3)15(4)13-7-6-8-13/h11-14H,5-10H2,1-4H3. The number of hydrogen-bond donors (Lipinski definition) is 1. The lowest BCUT2D eigenvalue weighted by Crippen LogP contribution is -2.48. The van der Waals surface area contributed by atoms with Gasteiger partial charge in [-0.1, -0.05) is 27.2 Å². The van der Waals surface area contributed by atoms with Crippen molar-refractivity contribution < 1.29 is 0 Å². The van der Waals surface area contributed by atoms with E-state index in [4.69, 9.17) is 0 Å². The molecule has 0 amide bonds. The van der Waals surface area contributed by atoms with Crippen molar-refractivity contribution in [1.29, 1.82) is 0 Å². The molecule has 0 aromatic carbocycles. The lowest BCUT2D eigenvalue weighted by atomic mass is 9.90. The molecule has 0 bridgehead atoms. The maximum atomic E-state index is 3.58. The van der Waals surface area contributed by atoms with Gasteiger partial charge in [-0.3, -0.25) is 4.90 Å². The SMILES string of the molecule is CCC(CNCC(C)C)N(C)C1CCC1. The molecule has 1 aliphatic rings. The molecule has 1 N–H and O–H groups in total. The van der Waals surface area contributed by atoms with Crippen LogP contribution in [0.2, 0.25) is 0 Å². The summed E-state index contributed by atoms with van der Waals surface area (Å²) in [5.74, 6) is 0.761. The molecule has 1 aliphatic carbocycles. The van der Waals surface area contributed by atoms with Crippen LogP contribution >= 0.6 is 0 Å². The maximum absolute atomic E-state index is 3.58. The van der Waals surface area contributed by atoms with Crippen molar-refractivity contribution in [2.75, 3.05) is 20.1 Å². The Kier molecular flexibility index (Phi) is 5.62. The van der Waals surface area contributed by atoms with Crippen LogP contribution in [0.3, 0.4) is 0 Å². The summed E-state index contributed by atoms with van der Waals surface area (Å²) in [4.78, 5) is 2.59. The van der Waals surface area contributed by atoms with E-state index >= 15 is 0 Å². The Bertz CT molecular complexity index is 164. The summed E-state index contributed by atoms with van der Waals surface area (Å²) in [6.07, 6.45) is 5.53. The maximum Gasteiger partial charge on any atom is 0.0217 e. The summed E-state index contributed by atoms with van der Waals surface area (Å²) < 4.78 is 0. The molecule has 0 aliphatic heterocycles. The fourth-order valence-electron chi connectivity index (χ4n) is 2.21. The van der Waals surface area contributed by atoms with Crippen LogP contribution in [0.4, 0.5) is 0 Å². The number of nitrogens with one attached hydrogen (secondary N) is 1. The molecule has 2 nitrogen and oxygen atoms in total. The van der Waals surface area contributed by atoms with Crippen LogP contribution in [0.5, 0.6) is 0 Å². The van der Waals surface area contributed by atoms with E-state index in [0.717, 1.165) is 31.1 Å². The van der Waals surface area contributed by atoms with Crippen molar-refractivity contribution in [3.8, 4) is 0 Å². The zero-order valence-corrected chi connectivity index (χ0v) is 10.9. The average Bonchev–Trinajstić information content (AvgIpc) is 2.08. The Balaban J connectivity index is 2.21. The minimum atomic E-state index is 0.731. The summed E-state index contributed by atoms with van der Waals surface area (Å²) >= 11 is 0. The number of likely N-dealkylation sites (N-methyl/N-ethyl adjacent to an activating group) is 1. The Labute approximate surface area is 95.4 Å². The van der Waals surface area contributed by atoms with Crippen molar-refractivity contribution in [2.45, 2.75) is 58.5 Å². The fourth-order valence-corrected chi connectivity index (χ4v) is 2.21. The molecule has 1 fully saturated rings. The molecule has 1 saturated carbocycles. The van der Waals surface area contributed by atoms with Crippen molar-refractivity contribution in [3.05, 3.63) is 0 Å². The smallest absolute Gasteiger partial charge is 0.0217 e. The lowest BCUT2D eigenvalue weighted by molar-refractivity contribution is 0.106. The lowest BCUT2D eigenvalue weighted by Gasteiger charge is -2.40. The zero-order valence-electron chi connectivity index (χ0n) is 10.9. The Hall–Kier alpha value is -0.0800. The second-order valence-corrected chi connectivity index (χ2v) is 5.36. The van der Waals surface area contributed by atoms with E-state index in [1.807, 2.05) is 0 Å². The van der Waals surface area contributed by atoms with Crippen LogP contribution in [-0.2, 0) is 0 Å². The van der Waals surface area contributed by atoms with E-state index < -0.39 is 0 Å². The van der Waals surface area contributed by atoms with Gasteiger partial charge in [-0.2, -0.15) is 0 Å². The first-order chi connectivity index (χ1) is 7.15. The summed E-state index contributed by atoms with van der Waals surface area (Å²) in [5, 5.41) is 3.58. The molecule has 0 heterocycles. The topological polar surface area (TPSA) is 15.3 Å². The number of rotatable bonds is 7. The second kappa shape index (κ2) is 6.49.